The van der Waals surface area contributed by atoms with Gasteiger partial charge in [-0.25, -0.2) is 4.79 Å². The van der Waals surface area contributed by atoms with E-state index in [0.717, 1.165) is 5.39 Å². The van der Waals surface area contributed by atoms with Gasteiger partial charge in [-0.2, -0.15) is 0 Å². The zero-order valence-corrected chi connectivity index (χ0v) is 9.23. The molecule has 4 heteroatoms. The minimum atomic E-state index is -0.685. The van der Waals surface area contributed by atoms with Crippen molar-refractivity contribution in [3.8, 4) is 5.75 Å². The first kappa shape index (κ1) is 10.7. The second kappa shape index (κ2) is 3.98. The quantitative estimate of drug-likeness (QED) is 0.779. The lowest BCUT2D eigenvalue weighted by atomic mass is 10.1. The van der Waals surface area contributed by atoms with Crippen LogP contribution in [0.3, 0.4) is 0 Å². The molecule has 0 saturated heterocycles. The second-order valence-corrected chi connectivity index (χ2v) is 3.95. The molecular formula is C12H13NO3. The summed E-state index contributed by atoms with van der Waals surface area (Å²) in [6, 6.07) is 7.19. The molecule has 4 nitrogen and oxygen atoms in total. The van der Waals surface area contributed by atoms with Gasteiger partial charge in [0, 0.05) is 17.5 Å². The van der Waals surface area contributed by atoms with E-state index in [2.05, 4.69) is 0 Å². The maximum Gasteiger partial charge on any atom is 0.379 e. The number of fused-ring (bicyclic) bond motifs is 1. The summed E-state index contributed by atoms with van der Waals surface area (Å²) in [5.41, 5.74) is 0.426. The van der Waals surface area contributed by atoms with Crippen molar-refractivity contribution in [3.05, 3.63) is 40.2 Å². The third-order valence-electron chi connectivity index (χ3n) is 2.37. The fourth-order valence-electron chi connectivity index (χ4n) is 1.68. The number of nitrogens with zero attached hydrogens (tertiary/aromatic N) is 1. The normalized spacial score (nSPS) is 11.2. The van der Waals surface area contributed by atoms with Gasteiger partial charge < -0.3 is 14.4 Å². The lowest BCUT2D eigenvalue weighted by Crippen LogP contribution is -2.13. The number of rotatable bonds is 2. The molecule has 0 aliphatic carbocycles. The van der Waals surface area contributed by atoms with Crippen molar-refractivity contribution >= 4 is 11.0 Å². The monoisotopic (exact) mass is 219 g/mol. The fourth-order valence-corrected chi connectivity index (χ4v) is 1.68. The van der Waals surface area contributed by atoms with Crippen molar-refractivity contribution in [2.24, 2.45) is 0 Å². The number of hydrogen-bond donors (Lipinski definition) is 1. The van der Waals surface area contributed by atoms with Crippen LogP contribution in [0.2, 0.25) is 0 Å². The molecule has 0 unspecified atom stereocenters. The van der Waals surface area contributed by atoms with Crippen LogP contribution in [0.25, 0.3) is 11.0 Å². The third kappa shape index (κ3) is 1.79. The Morgan fingerprint density at radius 3 is 2.69 bits per heavy atom. The highest BCUT2D eigenvalue weighted by Gasteiger charge is 2.13. The zero-order chi connectivity index (χ0) is 11.7. The molecule has 1 N–H and O–H groups in total. The molecule has 1 aromatic heterocycles. The lowest BCUT2D eigenvalue weighted by molar-refractivity contribution is 0.374. The van der Waals surface area contributed by atoms with E-state index in [1.807, 2.05) is 31.1 Å². The van der Waals surface area contributed by atoms with Gasteiger partial charge in [0.2, 0.25) is 5.75 Å². The Hall–Kier alpha value is -1.81. The van der Waals surface area contributed by atoms with E-state index < -0.39 is 5.63 Å². The molecule has 2 aromatic rings. The Morgan fingerprint density at radius 1 is 1.31 bits per heavy atom. The largest absolute Gasteiger partial charge is 0.502 e. The lowest BCUT2D eigenvalue weighted by Gasteiger charge is -2.12. The van der Waals surface area contributed by atoms with Crippen LogP contribution in [0.1, 0.15) is 5.56 Å². The Kier molecular flexibility index (Phi) is 2.66. The number of hydrogen-bond acceptors (Lipinski definition) is 4. The van der Waals surface area contributed by atoms with Crippen molar-refractivity contribution in [1.29, 1.82) is 0 Å². The molecule has 0 atom stereocenters. The standard InChI is InChI=1S/C12H13NO3/c1-13(2)7-9-8-5-3-4-6-10(8)16-12(15)11(9)14/h3-6,14H,7H2,1-2H3. The topological polar surface area (TPSA) is 53.7 Å². The molecule has 1 heterocycles. The van der Waals surface area contributed by atoms with Gasteiger partial charge in [0.15, 0.2) is 0 Å². The summed E-state index contributed by atoms with van der Waals surface area (Å²) in [4.78, 5) is 13.3. The summed E-state index contributed by atoms with van der Waals surface area (Å²) < 4.78 is 4.99. The highest BCUT2D eigenvalue weighted by Crippen LogP contribution is 2.24. The highest BCUT2D eigenvalue weighted by molar-refractivity contribution is 5.81. The maximum absolute atomic E-state index is 11.4. The van der Waals surface area contributed by atoms with E-state index in [9.17, 15) is 9.90 Å². The molecule has 0 aliphatic heterocycles. The number of para-hydroxylation sites is 1. The fraction of sp³-hybridized carbons (Fsp3) is 0.250. The van der Waals surface area contributed by atoms with Crippen LogP contribution in [-0.4, -0.2) is 24.1 Å². The molecule has 0 amide bonds. The predicted molar refractivity (Wildman–Crippen MR) is 61.5 cm³/mol. The van der Waals surface area contributed by atoms with Crippen molar-refractivity contribution < 1.29 is 9.52 Å². The van der Waals surface area contributed by atoms with E-state index in [4.69, 9.17) is 4.42 Å². The van der Waals surface area contributed by atoms with Gasteiger partial charge in [0.1, 0.15) is 5.58 Å². The van der Waals surface area contributed by atoms with Crippen LogP contribution in [-0.2, 0) is 6.54 Å². The summed E-state index contributed by atoms with van der Waals surface area (Å²) in [5.74, 6) is -0.299. The first-order valence-corrected chi connectivity index (χ1v) is 4.98. The maximum atomic E-state index is 11.4. The second-order valence-electron chi connectivity index (χ2n) is 3.95. The van der Waals surface area contributed by atoms with Crippen LogP contribution in [0, 0.1) is 0 Å². The van der Waals surface area contributed by atoms with E-state index in [1.165, 1.54) is 0 Å². The molecule has 0 radical (unpaired) electrons. The van der Waals surface area contributed by atoms with Crippen LogP contribution < -0.4 is 5.63 Å². The highest BCUT2D eigenvalue weighted by atomic mass is 16.4. The molecule has 2 rings (SSSR count). The molecular weight excluding hydrogens is 206 g/mol. The summed E-state index contributed by atoms with van der Waals surface area (Å²) in [7, 11) is 3.76. The van der Waals surface area contributed by atoms with Gasteiger partial charge in [0.05, 0.1) is 0 Å². The minimum Gasteiger partial charge on any atom is -0.502 e. The summed E-state index contributed by atoms with van der Waals surface area (Å²) in [6.07, 6.45) is 0. The van der Waals surface area contributed by atoms with Crippen LogP contribution in [0.4, 0.5) is 0 Å². The summed E-state index contributed by atoms with van der Waals surface area (Å²) in [6.45, 7) is 0.498. The van der Waals surface area contributed by atoms with Gasteiger partial charge >= 0.3 is 5.63 Å². The van der Waals surface area contributed by atoms with Gasteiger partial charge in [-0.05, 0) is 20.2 Å². The van der Waals surface area contributed by atoms with E-state index >= 15 is 0 Å². The summed E-state index contributed by atoms with van der Waals surface area (Å²) >= 11 is 0. The Labute approximate surface area is 92.7 Å². The van der Waals surface area contributed by atoms with Crippen molar-refractivity contribution in [2.75, 3.05) is 14.1 Å². The van der Waals surface area contributed by atoms with Crippen molar-refractivity contribution in [3.63, 3.8) is 0 Å². The van der Waals surface area contributed by atoms with Gasteiger partial charge in [-0.15, -0.1) is 0 Å². The van der Waals surface area contributed by atoms with Gasteiger partial charge in [-0.3, -0.25) is 0 Å². The molecule has 0 bridgehead atoms. The smallest absolute Gasteiger partial charge is 0.379 e. The Bertz CT molecular complexity index is 572. The first-order chi connectivity index (χ1) is 7.59. The molecule has 16 heavy (non-hydrogen) atoms. The van der Waals surface area contributed by atoms with Gasteiger partial charge in [0.25, 0.3) is 0 Å². The molecule has 0 fully saturated rings. The van der Waals surface area contributed by atoms with Crippen molar-refractivity contribution in [2.45, 2.75) is 6.54 Å². The molecule has 0 spiro atoms. The SMILES string of the molecule is CN(C)Cc1c(O)c(=O)oc2ccccc12. The molecule has 1 aromatic carbocycles. The Balaban J connectivity index is 2.76. The average molecular weight is 219 g/mol. The average Bonchev–Trinajstić information content (AvgIpc) is 2.24. The predicted octanol–water partition coefficient (Wildman–Crippen LogP) is 1.56. The van der Waals surface area contributed by atoms with E-state index in [1.54, 1.807) is 12.1 Å². The van der Waals surface area contributed by atoms with Crippen LogP contribution in [0.5, 0.6) is 5.75 Å². The molecule has 0 saturated carbocycles. The first-order valence-electron chi connectivity index (χ1n) is 4.98. The van der Waals surface area contributed by atoms with E-state index in [0.29, 0.717) is 17.7 Å². The molecule has 84 valence electrons. The van der Waals surface area contributed by atoms with Crippen molar-refractivity contribution in [1.82, 2.24) is 4.90 Å². The number of aromatic hydroxyl groups is 1. The van der Waals surface area contributed by atoms with E-state index in [-0.39, 0.29) is 5.75 Å². The number of benzene rings is 1. The minimum absolute atomic E-state index is 0.299. The van der Waals surface area contributed by atoms with Gasteiger partial charge in [-0.1, -0.05) is 18.2 Å². The zero-order valence-electron chi connectivity index (χ0n) is 9.23. The van der Waals surface area contributed by atoms with Crippen LogP contribution in [0.15, 0.2) is 33.5 Å². The summed E-state index contributed by atoms with van der Waals surface area (Å²) in [5, 5.41) is 10.5. The molecule has 0 aliphatic rings. The third-order valence-corrected chi connectivity index (χ3v) is 2.37. The Morgan fingerprint density at radius 2 is 2.00 bits per heavy atom. The van der Waals surface area contributed by atoms with Crippen LogP contribution >= 0.6 is 0 Å².